The molecule has 0 fully saturated rings. The molecule has 31 heavy (non-hydrogen) atoms. The molecule has 0 bridgehead atoms. The largest absolute Gasteiger partial charge is 0.494 e. The van der Waals surface area contributed by atoms with Gasteiger partial charge in [0.2, 0.25) is 0 Å². The molecule has 6 heteroatoms. The first kappa shape index (κ1) is 24.5. The maximum atomic E-state index is 12.1. The van der Waals surface area contributed by atoms with E-state index >= 15 is 0 Å². The Morgan fingerprint density at radius 2 is 1.77 bits per heavy atom. The van der Waals surface area contributed by atoms with E-state index in [0.717, 1.165) is 46.7 Å². The standard InChI is InChI=1S/C25H30N2O3.ClH/c1-4-6-7-8-15-30-21-12-10-20(11-13-21)27-24-16-18(3)26-23-14-9-19(17-22(23)24)25(28)29-5-2;/h9-14,16-17H,4-8,15H2,1-3H3,(H,26,27);1H. The lowest BCUT2D eigenvalue weighted by Gasteiger charge is -2.13. The predicted molar refractivity (Wildman–Crippen MR) is 129 cm³/mol. The number of carbonyl (C=O) groups is 1. The molecule has 0 aliphatic carbocycles. The van der Waals surface area contributed by atoms with E-state index in [1.54, 1.807) is 13.0 Å². The third kappa shape index (κ3) is 6.86. The molecule has 0 aliphatic rings. The molecule has 2 aromatic carbocycles. The molecule has 0 amide bonds. The maximum Gasteiger partial charge on any atom is 0.338 e. The van der Waals surface area contributed by atoms with Crippen molar-refractivity contribution < 1.29 is 14.3 Å². The van der Waals surface area contributed by atoms with Crippen molar-refractivity contribution in [3.8, 4) is 5.75 Å². The zero-order valence-corrected chi connectivity index (χ0v) is 19.3. The Morgan fingerprint density at radius 1 is 1.00 bits per heavy atom. The molecule has 3 rings (SSSR count). The van der Waals surface area contributed by atoms with E-state index in [1.807, 2.05) is 49.4 Å². The summed E-state index contributed by atoms with van der Waals surface area (Å²) in [5.41, 5.74) is 4.10. The highest BCUT2D eigenvalue weighted by molar-refractivity contribution is 5.99. The third-order valence-electron chi connectivity index (χ3n) is 4.85. The average molecular weight is 443 g/mol. The topological polar surface area (TPSA) is 60.5 Å². The number of nitrogens with zero attached hydrogens (tertiary/aromatic N) is 1. The first-order chi connectivity index (χ1) is 14.6. The van der Waals surface area contributed by atoms with Gasteiger partial charge < -0.3 is 14.8 Å². The highest BCUT2D eigenvalue weighted by atomic mass is 35.5. The van der Waals surface area contributed by atoms with Gasteiger partial charge in [0.05, 0.1) is 24.3 Å². The third-order valence-corrected chi connectivity index (χ3v) is 4.85. The van der Waals surface area contributed by atoms with Gasteiger partial charge >= 0.3 is 5.97 Å². The van der Waals surface area contributed by atoms with Gasteiger partial charge in [-0.25, -0.2) is 4.79 Å². The molecule has 0 saturated heterocycles. The number of hydrogen-bond donors (Lipinski definition) is 1. The summed E-state index contributed by atoms with van der Waals surface area (Å²) in [5, 5.41) is 4.33. The van der Waals surface area contributed by atoms with Gasteiger partial charge in [-0.2, -0.15) is 0 Å². The number of pyridine rings is 1. The molecule has 1 aromatic heterocycles. The summed E-state index contributed by atoms with van der Waals surface area (Å²) in [4.78, 5) is 16.7. The van der Waals surface area contributed by atoms with Gasteiger partial charge in [-0.3, -0.25) is 4.98 Å². The summed E-state index contributed by atoms with van der Waals surface area (Å²) >= 11 is 0. The van der Waals surface area contributed by atoms with Crippen LogP contribution in [-0.2, 0) is 4.74 Å². The number of carbonyl (C=O) groups excluding carboxylic acids is 1. The Morgan fingerprint density at radius 3 is 2.48 bits per heavy atom. The van der Waals surface area contributed by atoms with Crippen molar-refractivity contribution >= 4 is 40.7 Å². The molecule has 1 N–H and O–H groups in total. The Hall–Kier alpha value is -2.79. The number of anilines is 2. The quantitative estimate of drug-likeness (QED) is 0.275. The molecule has 0 atom stereocenters. The summed E-state index contributed by atoms with van der Waals surface area (Å²) < 4.78 is 11.0. The second kappa shape index (κ2) is 12.2. The van der Waals surface area contributed by atoms with Crippen LogP contribution in [0.5, 0.6) is 5.75 Å². The number of unbranched alkanes of at least 4 members (excludes halogenated alkanes) is 3. The lowest BCUT2D eigenvalue weighted by Crippen LogP contribution is -2.05. The van der Waals surface area contributed by atoms with E-state index in [-0.39, 0.29) is 18.4 Å². The van der Waals surface area contributed by atoms with Crippen LogP contribution in [0, 0.1) is 6.92 Å². The van der Waals surface area contributed by atoms with Gasteiger partial charge in [-0.15, -0.1) is 12.4 Å². The number of halogens is 1. The first-order valence-electron chi connectivity index (χ1n) is 10.7. The highest BCUT2D eigenvalue weighted by Gasteiger charge is 2.11. The molecule has 0 aliphatic heterocycles. The fourth-order valence-corrected chi connectivity index (χ4v) is 3.31. The maximum absolute atomic E-state index is 12.1. The minimum Gasteiger partial charge on any atom is -0.494 e. The van der Waals surface area contributed by atoms with E-state index in [2.05, 4.69) is 17.2 Å². The lowest BCUT2D eigenvalue weighted by atomic mass is 10.1. The SMILES string of the molecule is CCCCCCOc1ccc(Nc2cc(C)nc3ccc(C(=O)OCC)cc23)cc1.Cl. The molecule has 166 valence electrons. The van der Waals surface area contributed by atoms with Crippen LogP contribution in [0.2, 0.25) is 0 Å². The zero-order valence-electron chi connectivity index (χ0n) is 18.4. The minimum absolute atomic E-state index is 0. The van der Waals surface area contributed by atoms with Crippen LogP contribution < -0.4 is 10.1 Å². The zero-order chi connectivity index (χ0) is 21.3. The van der Waals surface area contributed by atoms with Gasteiger partial charge in [0.15, 0.2) is 0 Å². The molecule has 1 heterocycles. The van der Waals surface area contributed by atoms with Gasteiger partial charge in [-0.05, 0) is 68.8 Å². The summed E-state index contributed by atoms with van der Waals surface area (Å²) in [6.45, 7) is 7.06. The number of fused-ring (bicyclic) bond motifs is 1. The van der Waals surface area contributed by atoms with Crippen LogP contribution in [0.25, 0.3) is 10.9 Å². The minimum atomic E-state index is -0.327. The van der Waals surface area contributed by atoms with Crippen LogP contribution in [0.1, 0.15) is 55.6 Å². The molecular weight excluding hydrogens is 412 g/mol. The van der Waals surface area contributed by atoms with Gasteiger partial charge in [0.1, 0.15) is 5.75 Å². The first-order valence-corrected chi connectivity index (χ1v) is 10.7. The number of aryl methyl sites for hydroxylation is 1. The second-order valence-corrected chi connectivity index (χ2v) is 7.32. The van der Waals surface area contributed by atoms with Crippen molar-refractivity contribution in [2.24, 2.45) is 0 Å². The monoisotopic (exact) mass is 442 g/mol. The Balaban J connectivity index is 0.00000341. The molecule has 0 unspecified atom stereocenters. The molecule has 0 radical (unpaired) electrons. The van der Waals surface area contributed by atoms with Crippen molar-refractivity contribution in [3.63, 3.8) is 0 Å². The number of hydrogen-bond acceptors (Lipinski definition) is 5. The summed E-state index contributed by atoms with van der Waals surface area (Å²) in [6, 6.07) is 15.4. The summed E-state index contributed by atoms with van der Waals surface area (Å²) in [7, 11) is 0. The van der Waals surface area contributed by atoms with E-state index < -0.39 is 0 Å². The molecule has 5 nitrogen and oxygen atoms in total. The van der Waals surface area contributed by atoms with Crippen LogP contribution in [-0.4, -0.2) is 24.2 Å². The number of esters is 1. The number of ether oxygens (including phenoxy) is 2. The van der Waals surface area contributed by atoms with E-state index in [4.69, 9.17) is 9.47 Å². The Kier molecular flexibility index (Phi) is 9.60. The average Bonchev–Trinajstić information content (AvgIpc) is 2.74. The predicted octanol–water partition coefficient (Wildman–Crippen LogP) is 6.84. The van der Waals surface area contributed by atoms with Gasteiger partial charge in [0, 0.05) is 22.5 Å². The number of benzene rings is 2. The number of rotatable bonds is 10. The van der Waals surface area contributed by atoms with E-state index in [1.165, 1.54) is 19.3 Å². The molecule has 3 aromatic rings. The molecular formula is C25H31ClN2O3. The van der Waals surface area contributed by atoms with Crippen molar-refractivity contribution in [3.05, 3.63) is 59.8 Å². The van der Waals surface area contributed by atoms with Crippen molar-refractivity contribution in [2.45, 2.75) is 46.5 Å². The molecule has 0 spiro atoms. The summed E-state index contributed by atoms with van der Waals surface area (Å²) in [6.07, 6.45) is 4.77. The summed E-state index contributed by atoms with van der Waals surface area (Å²) in [5.74, 6) is 0.545. The van der Waals surface area contributed by atoms with Crippen LogP contribution in [0.3, 0.4) is 0 Å². The van der Waals surface area contributed by atoms with E-state index in [0.29, 0.717) is 12.2 Å². The molecule has 0 saturated carbocycles. The van der Waals surface area contributed by atoms with Crippen molar-refractivity contribution in [1.82, 2.24) is 4.98 Å². The highest BCUT2D eigenvalue weighted by Crippen LogP contribution is 2.28. The number of nitrogens with one attached hydrogen (secondary N) is 1. The Labute approximate surface area is 190 Å². The van der Waals surface area contributed by atoms with Gasteiger partial charge in [-0.1, -0.05) is 26.2 Å². The van der Waals surface area contributed by atoms with Crippen molar-refractivity contribution in [1.29, 1.82) is 0 Å². The van der Waals surface area contributed by atoms with Crippen LogP contribution >= 0.6 is 12.4 Å². The Bertz CT molecular complexity index is 990. The van der Waals surface area contributed by atoms with Crippen LogP contribution in [0.4, 0.5) is 11.4 Å². The smallest absolute Gasteiger partial charge is 0.338 e. The fraction of sp³-hybridized carbons (Fsp3) is 0.360. The van der Waals surface area contributed by atoms with Gasteiger partial charge in [0.25, 0.3) is 0 Å². The van der Waals surface area contributed by atoms with E-state index in [9.17, 15) is 4.79 Å². The normalized spacial score (nSPS) is 10.4. The number of aromatic nitrogens is 1. The lowest BCUT2D eigenvalue weighted by molar-refractivity contribution is 0.0526. The second-order valence-electron chi connectivity index (χ2n) is 7.32. The van der Waals surface area contributed by atoms with Crippen LogP contribution in [0.15, 0.2) is 48.5 Å². The van der Waals surface area contributed by atoms with Crippen molar-refractivity contribution in [2.75, 3.05) is 18.5 Å². The fourth-order valence-electron chi connectivity index (χ4n) is 3.31.